The number of benzene rings is 1. The number of aromatic nitrogens is 1. The molecule has 0 radical (unpaired) electrons. The SMILES string of the molecule is CCN(CC)CCCC(C)NC(=O)c1cc(/C=C/c2ccc([N+](=O)[O-])o2)nc2ccccc12.O=P(O)(O)OP(=O)(O)O. The lowest BCUT2D eigenvalue weighted by Gasteiger charge is -2.20. The summed E-state index contributed by atoms with van der Waals surface area (Å²) in [5, 5.41) is 14.7. The van der Waals surface area contributed by atoms with Crippen LogP contribution in [-0.2, 0) is 13.4 Å². The Balaban J connectivity index is 0.000000592. The molecular weight excluding hydrogens is 594 g/mol. The van der Waals surface area contributed by atoms with Crippen LogP contribution in [0.25, 0.3) is 23.1 Å². The molecule has 3 aromatic rings. The lowest BCUT2D eigenvalue weighted by atomic mass is 10.1. The molecule has 42 heavy (non-hydrogen) atoms. The fraction of sp³-hybridized carbons (Fsp3) is 0.360. The minimum Gasteiger partial charge on any atom is -0.401 e. The number of hydrogen-bond donors (Lipinski definition) is 5. The molecule has 0 spiro atoms. The highest BCUT2D eigenvalue weighted by molar-refractivity contribution is 7.60. The van der Waals surface area contributed by atoms with Crippen LogP contribution in [0.4, 0.5) is 5.88 Å². The van der Waals surface area contributed by atoms with Gasteiger partial charge in [0.2, 0.25) is 0 Å². The van der Waals surface area contributed by atoms with Crippen molar-refractivity contribution in [3.8, 4) is 0 Å². The lowest BCUT2D eigenvalue weighted by Crippen LogP contribution is -2.34. The second kappa shape index (κ2) is 15.8. The minimum absolute atomic E-state index is 0.0441. The zero-order valence-corrected chi connectivity index (χ0v) is 25.0. The van der Waals surface area contributed by atoms with E-state index in [2.05, 4.69) is 33.4 Å². The number of rotatable bonds is 13. The predicted molar refractivity (Wildman–Crippen MR) is 155 cm³/mol. The van der Waals surface area contributed by atoms with Crippen LogP contribution in [0, 0.1) is 10.1 Å². The molecule has 2 heterocycles. The Morgan fingerprint density at radius 3 is 2.31 bits per heavy atom. The van der Waals surface area contributed by atoms with Crippen molar-refractivity contribution in [2.45, 2.75) is 39.7 Å². The number of para-hydroxylation sites is 1. The highest BCUT2D eigenvalue weighted by Crippen LogP contribution is 2.53. The average Bonchev–Trinajstić information content (AvgIpc) is 3.37. The van der Waals surface area contributed by atoms with E-state index in [0.29, 0.717) is 22.5 Å². The van der Waals surface area contributed by atoms with E-state index in [0.717, 1.165) is 37.9 Å². The predicted octanol–water partition coefficient (Wildman–Crippen LogP) is 4.34. The van der Waals surface area contributed by atoms with E-state index < -0.39 is 20.6 Å². The highest BCUT2D eigenvalue weighted by Gasteiger charge is 2.28. The normalized spacial score (nSPS) is 12.8. The number of nitrogens with zero attached hydrogens (tertiary/aromatic N) is 3. The van der Waals surface area contributed by atoms with Gasteiger partial charge in [-0.1, -0.05) is 32.0 Å². The van der Waals surface area contributed by atoms with Crippen molar-refractivity contribution in [1.82, 2.24) is 15.2 Å². The van der Waals surface area contributed by atoms with Gasteiger partial charge in [0.05, 0.1) is 22.8 Å². The first-order valence-electron chi connectivity index (χ1n) is 12.8. The summed E-state index contributed by atoms with van der Waals surface area (Å²) in [6.07, 6.45) is 5.19. The van der Waals surface area contributed by atoms with Gasteiger partial charge < -0.3 is 34.2 Å². The van der Waals surface area contributed by atoms with Crippen LogP contribution in [0.15, 0.2) is 46.9 Å². The van der Waals surface area contributed by atoms with Gasteiger partial charge in [0, 0.05) is 11.4 Å². The zero-order chi connectivity index (χ0) is 31.5. The van der Waals surface area contributed by atoms with Crippen molar-refractivity contribution in [3.05, 3.63) is 69.6 Å². The number of nitrogens with one attached hydrogen (secondary N) is 1. The van der Waals surface area contributed by atoms with E-state index in [1.807, 2.05) is 31.2 Å². The molecule has 5 N–H and O–H groups in total. The third-order valence-corrected chi connectivity index (χ3v) is 7.49. The van der Waals surface area contributed by atoms with Gasteiger partial charge in [-0.05, 0) is 69.8 Å². The van der Waals surface area contributed by atoms with Crippen LogP contribution in [-0.4, -0.2) is 66.0 Å². The fourth-order valence-electron chi connectivity index (χ4n) is 3.84. The Morgan fingerprint density at radius 1 is 1.12 bits per heavy atom. The zero-order valence-electron chi connectivity index (χ0n) is 23.2. The summed E-state index contributed by atoms with van der Waals surface area (Å²) in [6.45, 7) is 9.41. The molecule has 0 saturated carbocycles. The largest absolute Gasteiger partial charge is 0.478 e. The smallest absolute Gasteiger partial charge is 0.401 e. The fourth-order valence-corrected chi connectivity index (χ4v) is 4.95. The molecule has 2 aromatic heterocycles. The Labute approximate surface area is 241 Å². The summed E-state index contributed by atoms with van der Waals surface area (Å²) in [5.74, 6) is -0.132. The Kier molecular flexibility index (Phi) is 13.2. The van der Waals surface area contributed by atoms with E-state index in [9.17, 15) is 24.0 Å². The monoisotopic (exact) mass is 628 g/mol. The molecule has 3 rings (SSSR count). The number of nitro groups is 1. The van der Waals surface area contributed by atoms with Gasteiger partial charge in [-0.2, -0.15) is 4.31 Å². The summed E-state index contributed by atoms with van der Waals surface area (Å²) >= 11 is 0. The maximum absolute atomic E-state index is 13.1. The van der Waals surface area contributed by atoms with Gasteiger partial charge in [0.15, 0.2) is 0 Å². The number of carbonyl (C=O) groups is 1. The Morgan fingerprint density at radius 2 is 1.76 bits per heavy atom. The maximum atomic E-state index is 13.1. The lowest BCUT2D eigenvalue weighted by molar-refractivity contribution is -0.402. The Bertz CT molecular complexity index is 1460. The molecule has 0 aliphatic rings. The van der Waals surface area contributed by atoms with E-state index in [4.69, 9.17) is 24.0 Å². The molecule has 1 amide bonds. The molecule has 1 unspecified atom stereocenters. The van der Waals surface area contributed by atoms with E-state index in [-0.39, 0.29) is 17.8 Å². The third kappa shape index (κ3) is 12.3. The number of carbonyl (C=O) groups excluding carboxylic acids is 1. The summed E-state index contributed by atoms with van der Waals surface area (Å²) in [6, 6.07) is 12.1. The van der Waals surface area contributed by atoms with Crippen LogP contribution in [0.5, 0.6) is 0 Å². The van der Waals surface area contributed by atoms with Gasteiger partial charge in [0.1, 0.15) is 10.7 Å². The van der Waals surface area contributed by atoms with Crippen molar-refractivity contribution in [3.63, 3.8) is 0 Å². The highest BCUT2D eigenvalue weighted by atomic mass is 31.3. The topological polar surface area (TPSA) is 226 Å². The van der Waals surface area contributed by atoms with Crippen molar-refractivity contribution < 1.29 is 47.1 Å². The van der Waals surface area contributed by atoms with Crippen LogP contribution < -0.4 is 5.32 Å². The van der Waals surface area contributed by atoms with Gasteiger partial charge in [-0.15, -0.1) is 0 Å². The molecular formula is C25H34N4O11P2. The van der Waals surface area contributed by atoms with E-state index in [1.54, 1.807) is 18.2 Å². The van der Waals surface area contributed by atoms with Crippen molar-refractivity contribution in [1.29, 1.82) is 0 Å². The summed E-state index contributed by atoms with van der Waals surface area (Å²) in [4.78, 5) is 61.3. The van der Waals surface area contributed by atoms with Crippen LogP contribution in [0.3, 0.4) is 0 Å². The van der Waals surface area contributed by atoms with Crippen LogP contribution >= 0.6 is 15.6 Å². The summed E-state index contributed by atoms with van der Waals surface area (Å²) in [5.41, 5.74) is 1.80. The molecule has 0 bridgehead atoms. The van der Waals surface area contributed by atoms with Gasteiger partial charge in [-0.3, -0.25) is 14.9 Å². The first-order valence-corrected chi connectivity index (χ1v) is 15.9. The average molecular weight is 629 g/mol. The molecule has 0 aliphatic carbocycles. The van der Waals surface area contributed by atoms with Gasteiger partial charge in [0.25, 0.3) is 5.91 Å². The first kappa shape index (κ1) is 34.9. The minimum atomic E-state index is -5.05. The van der Waals surface area contributed by atoms with Gasteiger partial charge in [-0.25, -0.2) is 14.1 Å². The molecule has 15 nitrogen and oxygen atoms in total. The van der Waals surface area contributed by atoms with Crippen molar-refractivity contribution in [2.24, 2.45) is 0 Å². The molecule has 0 saturated heterocycles. The molecule has 0 fully saturated rings. The summed E-state index contributed by atoms with van der Waals surface area (Å²) in [7, 11) is -10.1. The second-order valence-electron chi connectivity index (χ2n) is 8.98. The van der Waals surface area contributed by atoms with Gasteiger partial charge >= 0.3 is 21.5 Å². The maximum Gasteiger partial charge on any atom is 0.478 e. The standard InChI is InChI=1S/C25H30N4O4.H4O7P2/c1-4-28(5-2)16-8-9-18(3)26-25(30)22-17-19(27-23-11-7-6-10-21(22)23)12-13-20-14-15-24(33-20)29(31)32;1-8(2,3)7-9(4,5)6/h6-7,10-15,17-18H,4-5,8-9,16H2,1-3H3,(H,26,30);(H2,1,2,3)(H2,4,5,6)/b13-12+;. The molecule has 1 aromatic carbocycles. The number of fused-ring (bicyclic) bond motifs is 1. The number of furan rings is 1. The van der Waals surface area contributed by atoms with Crippen molar-refractivity contribution in [2.75, 3.05) is 19.6 Å². The Hall–Kier alpha value is -3.26. The van der Waals surface area contributed by atoms with Crippen LogP contribution in [0.2, 0.25) is 0 Å². The number of hydrogen-bond acceptors (Lipinski definition) is 9. The molecule has 0 aliphatic heterocycles. The molecule has 230 valence electrons. The van der Waals surface area contributed by atoms with E-state index >= 15 is 0 Å². The number of amides is 1. The molecule has 1 atom stereocenters. The molecule has 17 heteroatoms. The van der Waals surface area contributed by atoms with Crippen LogP contribution in [0.1, 0.15) is 55.4 Å². The summed E-state index contributed by atoms with van der Waals surface area (Å²) < 4.78 is 27.4. The number of pyridine rings is 1. The quantitative estimate of drug-likeness (QED) is 0.101. The second-order valence-corrected chi connectivity index (χ2v) is 11.6. The number of phosphoric acid groups is 2. The first-order chi connectivity index (χ1) is 19.6. The third-order valence-electron chi connectivity index (χ3n) is 5.79. The van der Waals surface area contributed by atoms with Crippen molar-refractivity contribution >= 4 is 50.5 Å². The van der Waals surface area contributed by atoms with E-state index in [1.165, 1.54) is 12.1 Å².